The van der Waals surface area contributed by atoms with Gasteiger partial charge in [0.1, 0.15) is 5.60 Å². The molecule has 134 valence electrons. The van der Waals surface area contributed by atoms with E-state index in [1.54, 1.807) is 4.90 Å². The highest BCUT2D eigenvalue weighted by atomic mass is 16.7. The van der Waals surface area contributed by atoms with Crippen LogP contribution in [0, 0.1) is 0 Å². The molecular weight excluding hydrogens is 308 g/mol. The first-order chi connectivity index (χ1) is 11.2. The molecule has 0 fully saturated rings. The number of amides is 1. The molecule has 0 radical (unpaired) electrons. The van der Waals surface area contributed by atoms with E-state index in [2.05, 4.69) is 0 Å². The van der Waals surface area contributed by atoms with Gasteiger partial charge in [-0.25, -0.2) is 4.79 Å². The maximum atomic E-state index is 12.3. The minimum absolute atomic E-state index is 0.00975. The Balaban J connectivity index is 2.03. The fourth-order valence-electron chi connectivity index (χ4n) is 2.66. The normalized spacial score (nSPS) is 17.5. The zero-order chi connectivity index (χ0) is 17.9. The second kappa shape index (κ2) is 7.30. The molecule has 1 heterocycles. The maximum absolute atomic E-state index is 12.3. The molecule has 1 amide bonds. The van der Waals surface area contributed by atoms with E-state index >= 15 is 0 Å². The molecule has 0 bridgehead atoms. The van der Waals surface area contributed by atoms with Crippen molar-refractivity contribution in [3.8, 4) is 11.5 Å². The Labute approximate surface area is 143 Å². The molecule has 6 heteroatoms. The number of carbonyl (C=O) groups excluding carboxylic acids is 1. The van der Waals surface area contributed by atoms with Crippen LogP contribution in [0.5, 0.6) is 11.5 Å². The van der Waals surface area contributed by atoms with Gasteiger partial charge < -0.3 is 24.8 Å². The summed E-state index contributed by atoms with van der Waals surface area (Å²) in [7, 11) is 0. The Bertz CT molecular complexity index is 583. The highest BCUT2D eigenvalue weighted by Gasteiger charge is 2.26. The molecule has 0 aliphatic carbocycles. The molecule has 1 aromatic carbocycles. The van der Waals surface area contributed by atoms with Crippen LogP contribution >= 0.6 is 0 Å². The number of hydrogen-bond donors (Lipinski definition) is 1. The van der Waals surface area contributed by atoms with Gasteiger partial charge in [-0.3, -0.25) is 0 Å². The van der Waals surface area contributed by atoms with E-state index in [-0.39, 0.29) is 12.1 Å². The highest BCUT2D eigenvalue weighted by molar-refractivity contribution is 5.68. The summed E-state index contributed by atoms with van der Waals surface area (Å²) in [5.74, 6) is 1.41. The average molecular weight is 336 g/mol. The zero-order valence-electron chi connectivity index (χ0n) is 15.2. The number of hydrogen-bond acceptors (Lipinski definition) is 5. The number of nitrogens with zero attached hydrogens (tertiary/aromatic N) is 1. The number of benzene rings is 1. The van der Waals surface area contributed by atoms with E-state index in [0.717, 1.165) is 5.56 Å². The lowest BCUT2D eigenvalue weighted by Crippen LogP contribution is -2.42. The van der Waals surface area contributed by atoms with E-state index < -0.39 is 11.9 Å². The van der Waals surface area contributed by atoms with Crippen LogP contribution < -0.4 is 15.2 Å². The molecule has 1 aromatic rings. The fraction of sp³-hybridized carbons (Fsp3) is 0.611. The number of rotatable bonds is 5. The summed E-state index contributed by atoms with van der Waals surface area (Å²) < 4.78 is 16.7. The van der Waals surface area contributed by atoms with Crippen LogP contribution in [0.2, 0.25) is 0 Å². The minimum atomic E-state index is -0.500. The first-order valence-electron chi connectivity index (χ1n) is 8.39. The molecule has 2 rings (SSSR count). The van der Waals surface area contributed by atoms with Crippen molar-refractivity contribution in [1.82, 2.24) is 4.90 Å². The number of likely N-dealkylation sites (N-methyl/N-ethyl adjacent to an activating group) is 1. The van der Waals surface area contributed by atoms with Gasteiger partial charge in [-0.05, 0) is 58.7 Å². The summed E-state index contributed by atoms with van der Waals surface area (Å²) in [6.45, 7) is 10.5. The first kappa shape index (κ1) is 18.4. The molecule has 24 heavy (non-hydrogen) atoms. The van der Waals surface area contributed by atoms with Gasteiger partial charge in [0.05, 0.1) is 6.54 Å². The van der Waals surface area contributed by atoms with E-state index in [0.29, 0.717) is 31.0 Å². The zero-order valence-corrected chi connectivity index (χ0v) is 15.2. The molecule has 0 aromatic heterocycles. The summed E-state index contributed by atoms with van der Waals surface area (Å²) in [6, 6.07) is 5.83. The van der Waals surface area contributed by atoms with Crippen LogP contribution in [0.25, 0.3) is 0 Å². The number of ether oxygens (including phenoxy) is 3. The Kier molecular flexibility index (Phi) is 5.59. The smallest absolute Gasteiger partial charge is 0.410 e. The van der Waals surface area contributed by atoms with Crippen molar-refractivity contribution in [3.05, 3.63) is 23.8 Å². The monoisotopic (exact) mass is 336 g/mol. The Hall–Kier alpha value is -1.95. The average Bonchev–Trinajstić information content (AvgIpc) is 2.88. The van der Waals surface area contributed by atoms with Gasteiger partial charge in [0.2, 0.25) is 0 Å². The predicted molar refractivity (Wildman–Crippen MR) is 92.3 cm³/mol. The second-order valence-corrected chi connectivity index (χ2v) is 7.00. The summed E-state index contributed by atoms with van der Waals surface area (Å²) >= 11 is 0. The van der Waals surface area contributed by atoms with Crippen LogP contribution in [-0.4, -0.2) is 42.0 Å². The lowest BCUT2D eigenvalue weighted by Gasteiger charge is -2.31. The third-order valence-corrected chi connectivity index (χ3v) is 3.75. The van der Waals surface area contributed by atoms with E-state index in [1.807, 2.05) is 52.8 Å². The van der Waals surface area contributed by atoms with Crippen molar-refractivity contribution in [2.24, 2.45) is 5.73 Å². The standard InChI is InChI=1S/C18H28N2O4/c1-6-20(17(21)24-18(3,4)5)12(2)9-13-7-8-14-15(10-13)23-16(11-19)22-14/h7-8,10,12,16H,6,9,11,19H2,1-5H3. The van der Waals surface area contributed by atoms with Gasteiger partial charge in [0.25, 0.3) is 6.29 Å². The largest absolute Gasteiger partial charge is 0.450 e. The van der Waals surface area contributed by atoms with Crippen molar-refractivity contribution in [3.63, 3.8) is 0 Å². The Morgan fingerprint density at radius 1 is 1.33 bits per heavy atom. The van der Waals surface area contributed by atoms with Crippen molar-refractivity contribution in [1.29, 1.82) is 0 Å². The molecule has 1 aliphatic heterocycles. The van der Waals surface area contributed by atoms with Crippen molar-refractivity contribution in [2.75, 3.05) is 13.1 Å². The van der Waals surface area contributed by atoms with Crippen LogP contribution in [0.1, 0.15) is 40.2 Å². The van der Waals surface area contributed by atoms with Crippen LogP contribution in [0.15, 0.2) is 18.2 Å². The quantitative estimate of drug-likeness (QED) is 0.895. The molecule has 2 atom stereocenters. The maximum Gasteiger partial charge on any atom is 0.410 e. The molecule has 2 unspecified atom stereocenters. The molecule has 2 N–H and O–H groups in total. The topological polar surface area (TPSA) is 74.0 Å². The van der Waals surface area contributed by atoms with Gasteiger partial charge >= 0.3 is 6.09 Å². The van der Waals surface area contributed by atoms with E-state index in [1.165, 1.54) is 0 Å². The Morgan fingerprint density at radius 3 is 2.58 bits per heavy atom. The fourth-order valence-corrected chi connectivity index (χ4v) is 2.66. The van der Waals surface area contributed by atoms with Crippen molar-refractivity contribution >= 4 is 6.09 Å². The van der Waals surface area contributed by atoms with E-state index in [9.17, 15) is 4.79 Å². The SMILES string of the molecule is CCN(C(=O)OC(C)(C)C)C(C)Cc1ccc2c(c1)OC(CN)O2. The predicted octanol–water partition coefficient (Wildman–Crippen LogP) is 2.93. The van der Waals surface area contributed by atoms with Gasteiger partial charge in [-0.2, -0.15) is 0 Å². The molecule has 1 aliphatic rings. The summed E-state index contributed by atoms with van der Waals surface area (Å²) in [4.78, 5) is 14.1. The van der Waals surface area contributed by atoms with Crippen LogP contribution in [0.3, 0.4) is 0 Å². The summed E-state index contributed by atoms with van der Waals surface area (Å²) in [5.41, 5.74) is 6.14. The summed E-state index contributed by atoms with van der Waals surface area (Å²) in [6.07, 6.45) is -0.000169. The highest BCUT2D eigenvalue weighted by Crippen LogP contribution is 2.35. The van der Waals surface area contributed by atoms with Crippen LogP contribution in [-0.2, 0) is 11.2 Å². The Morgan fingerprint density at radius 2 is 2.00 bits per heavy atom. The van der Waals surface area contributed by atoms with Gasteiger partial charge in [-0.1, -0.05) is 6.07 Å². The number of nitrogens with two attached hydrogens (primary N) is 1. The van der Waals surface area contributed by atoms with Gasteiger partial charge in [0.15, 0.2) is 11.5 Å². The lowest BCUT2D eigenvalue weighted by molar-refractivity contribution is 0.0189. The second-order valence-electron chi connectivity index (χ2n) is 7.00. The van der Waals surface area contributed by atoms with Crippen molar-refractivity contribution < 1.29 is 19.0 Å². The van der Waals surface area contributed by atoms with Crippen molar-refractivity contribution in [2.45, 2.75) is 59.0 Å². The van der Waals surface area contributed by atoms with Crippen LogP contribution in [0.4, 0.5) is 4.79 Å². The van der Waals surface area contributed by atoms with Gasteiger partial charge in [-0.15, -0.1) is 0 Å². The third kappa shape index (κ3) is 4.54. The van der Waals surface area contributed by atoms with E-state index in [4.69, 9.17) is 19.9 Å². The molecule has 0 spiro atoms. The molecule has 6 nitrogen and oxygen atoms in total. The lowest BCUT2D eigenvalue weighted by atomic mass is 10.1. The summed E-state index contributed by atoms with van der Waals surface area (Å²) in [5, 5.41) is 0. The molecule has 0 saturated heterocycles. The third-order valence-electron chi connectivity index (χ3n) is 3.75. The number of carbonyl (C=O) groups is 1. The molecule has 0 saturated carbocycles. The van der Waals surface area contributed by atoms with Gasteiger partial charge in [0, 0.05) is 12.6 Å². The first-order valence-corrected chi connectivity index (χ1v) is 8.39. The number of fused-ring (bicyclic) bond motifs is 1. The minimum Gasteiger partial charge on any atom is -0.450 e. The molecular formula is C18H28N2O4.